The number of nitrogens with two attached hydrogens (primary N) is 1. The molecule has 0 aromatic heterocycles. The first-order valence-electron chi connectivity index (χ1n) is 6.66. The minimum Gasteiger partial charge on any atom is -0.486 e. The number of nitrogens with zero attached hydrogens (tertiary/aromatic N) is 1. The predicted molar refractivity (Wildman–Crippen MR) is 77.2 cm³/mol. The second kappa shape index (κ2) is 6.46. The Morgan fingerprint density at radius 3 is 2.79 bits per heavy atom. The Bertz CT molecular complexity index is 440. The molecule has 0 aliphatic carbocycles. The highest BCUT2D eigenvalue weighted by Gasteiger charge is 2.21. The fraction of sp³-hybridized carbons (Fsp3) is 0.571. The molecule has 1 aliphatic rings. The summed E-state index contributed by atoms with van der Waals surface area (Å²) in [5, 5.41) is 0.593. The van der Waals surface area contributed by atoms with Gasteiger partial charge in [-0.2, -0.15) is 0 Å². The molecule has 1 aromatic rings. The van der Waals surface area contributed by atoms with E-state index in [9.17, 15) is 0 Å². The van der Waals surface area contributed by atoms with Gasteiger partial charge in [0, 0.05) is 12.6 Å². The Kier molecular flexibility index (Phi) is 4.91. The van der Waals surface area contributed by atoms with Crippen molar-refractivity contribution >= 4 is 11.6 Å². The van der Waals surface area contributed by atoms with Crippen molar-refractivity contribution in [1.82, 2.24) is 4.90 Å². The summed E-state index contributed by atoms with van der Waals surface area (Å²) in [4.78, 5) is 2.24. The normalized spacial score (nSPS) is 15.6. The van der Waals surface area contributed by atoms with Crippen LogP contribution in [0, 0.1) is 0 Å². The fourth-order valence-electron chi connectivity index (χ4n) is 2.40. The summed E-state index contributed by atoms with van der Waals surface area (Å²) in [5.41, 5.74) is 6.98. The predicted octanol–water partition coefficient (Wildman–Crippen LogP) is 2.45. The largest absolute Gasteiger partial charge is 0.486 e. The topological polar surface area (TPSA) is 47.7 Å². The van der Waals surface area contributed by atoms with Gasteiger partial charge in [-0.25, -0.2) is 0 Å². The van der Waals surface area contributed by atoms with Gasteiger partial charge in [0.2, 0.25) is 0 Å². The highest BCUT2D eigenvalue weighted by atomic mass is 35.5. The van der Waals surface area contributed by atoms with Gasteiger partial charge in [-0.05, 0) is 37.7 Å². The molecule has 2 rings (SSSR count). The Balaban J connectivity index is 2.30. The van der Waals surface area contributed by atoms with Crippen molar-refractivity contribution in [2.24, 2.45) is 5.73 Å². The number of likely N-dealkylation sites (N-methyl/N-ethyl adjacent to an activating group) is 1. The molecule has 0 amide bonds. The van der Waals surface area contributed by atoms with Crippen LogP contribution in [0.15, 0.2) is 12.1 Å². The molecule has 1 atom stereocenters. The molecule has 19 heavy (non-hydrogen) atoms. The molecule has 4 nitrogen and oxygen atoms in total. The van der Waals surface area contributed by atoms with E-state index in [0.29, 0.717) is 30.5 Å². The zero-order chi connectivity index (χ0) is 13.8. The van der Waals surface area contributed by atoms with Gasteiger partial charge in [0.1, 0.15) is 13.2 Å². The van der Waals surface area contributed by atoms with Gasteiger partial charge >= 0.3 is 0 Å². The van der Waals surface area contributed by atoms with Crippen LogP contribution in [0.25, 0.3) is 0 Å². The maximum atomic E-state index is 6.27. The fourth-order valence-corrected chi connectivity index (χ4v) is 2.68. The van der Waals surface area contributed by atoms with Gasteiger partial charge < -0.3 is 15.2 Å². The van der Waals surface area contributed by atoms with E-state index in [2.05, 4.69) is 18.9 Å². The van der Waals surface area contributed by atoms with Crippen molar-refractivity contribution in [2.75, 3.05) is 33.4 Å². The highest BCUT2D eigenvalue weighted by molar-refractivity contribution is 6.32. The van der Waals surface area contributed by atoms with Crippen LogP contribution in [0.3, 0.4) is 0 Å². The van der Waals surface area contributed by atoms with Crippen LogP contribution in [0.2, 0.25) is 5.02 Å². The number of benzene rings is 1. The molecule has 0 spiro atoms. The second-order valence-corrected chi connectivity index (χ2v) is 5.17. The van der Waals surface area contributed by atoms with Crippen molar-refractivity contribution in [3.8, 4) is 11.5 Å². The van der Waals surface area contributed by atoms with Gasteiger partial charge in [-0.1, -0.05) is 18.5 Å². The van der Waals surface area contributed by atoms with E-state index in [1.54, 1.807) is 0 Å². The standard InChI is InChI=1S/C14H21ClN2O2/c1-3-4-17(2)12(9-16)10-7-11(15)14-13(8-10)18-5-6-19-14/h7-8,12H,3-6,9,16H2,1-2H3. The first kappa shape index (κ1) is 14.4. The monoisotopic (exact) mass is 284 g/mol. The van der Waals surface area contributed by atoms with Crippen LogP contribution in [0.5, 0.6) is 11.5 Å². The molecule has 0 saturated heterocycles. The van der Waals surface area contributed by atoms with Crippen LogP contribution < -0.4 is 15.2 Å². The van der Waals surface area contributed by atoms with Gasteiger partial charge in [0.15, 0.2) is 11.5 Å². The third-order valence-electron chi connectivity index (χ3n) is 3.34. The molecule has 1 aliphatic heterocycles. The molecule has 1 unspecified atom stereocenters. The molecule has 0 saturated carbocycles. The van der Waals surface area contributed by atoms with Crippen LogP contribution in [-0.2, 0) is 0 Å². The first-order chi connectivity index (χ1) is 9.17. The third kappa shape index (κ3) is 3.14. The number of ether oxygens (including phenoxy) is 2. The average Bonchev–Trinajstić information content (AvgIpc) is 2.40. The lowest BCUT2D eigenvalue weighted by atomic mass is 10.0. The SMILES string of the molecule is CCCN(C)C(CN)c1cc(Cl)c2c(c1)OCCO2. The molecule has 5 heteroatoms. The number of hydrogen-bond acceptors (Lipinski definition) is 4. The lowest BCUT2D eigenvalue weighted by Gasteiger charge is -2.28. The van der Waals surface area contributed by atoms with E-state index in [4.69, 9.17) is 26.8 Å². The average molecular weight is 285 g/mol. The molecule has 2 N–H and O–H groups in total. The van der Waals surface area contributed by atoms with Crippen molar-refractivity contribution in [1.29, 1.82) is 0 Å². The Morgan fingerprint density at radius 2 is 2.11 bits per heavy atom. The highest BCUT2D eigenvalue weighted by Crippen LogP contribution is 2.40. The van der Waals surface area contributed by atoms with E-state index in [1.807, 2.05) is 12.1 Å². The zero-order valence-corrected chi connectivity index (χ0v) is 12.2. The van der Waals surface area contributed by atoms with E-state index in [-0.39, 0.29) is 6.04 Å². The zero-order valence-electron chi connectivity index (χ0n) is 11.5. The summed E-state index contributed by atoms with van der Waals surface area (Å²) in [7, 11) is 2.08. The summed E-state index contributed by atoms with van der Waals surface area (Å²) in [5.74, 6) is 1.36. The minimum atomic E-state index is 0.147. The van der Waals surface area contributed by atoms with E-state index in [0.717, 1.165) is 24.3 Å². The van der Waals surface area contributed by atoms with Crippen molar-refractivity contribution < 1.29 is 9.47 Å². The van der Waals surface area contributed by atoms with Gasteiger partial charge in [-0.15, -0.1) is 0 Å². The number of halogens is 1. The quantitative estimate of drug-likeness (QED) is 0.902. The molecule has 0 fully saturated rings. The smallest absolute Gasteiger partial charge is 0.179 e. The molecule has 1 aromatic carbocycles. The summed E-state index contributed by atoms with van der Waals surface area (Å²) in [6.07, 6.45) is 1.09. The van der Waals surface area contributed by atoms with Crippen LogP contribution >= 0.6 is 11.6 Å². The van der Waals surface area contributed by atoms with Gasteiger partial charge in [0.25, 0.3) is 0 Å². The third-order valence-corrected chi connectivity index (χ3v) is 3.62. The summed E-state index contributed by atoms with van der Waals surface area (Å²) < 4.78 is 11.1. The Labute approximate surface area is 119 Å². The number of rotatable bonds is 5. The van der Waals surface area contributed by atoms with E-state index >= 15 is 0 Å². The van der Waals surface area contributed by atoms with Crippen LogP contribution in [-0.4, -0.2) is 38.3 Å². The molecule has 106 valence electrons. The summed E-state index contributed by atoms with van der Waals surface area (Å²) in [6, 6.07) is 4.07. The van der Waals surface area contributed by atoms with Gasteiger partial charge in [0.05, 0.1) is 5.02 Å². The van der Waals surface area contributed by atoms with Crippen molar-refractivity contribution in [3.05, 3.63) is 22.7 Å². The van der Waals surface area contributed by atoms with Crippen molar-refractivity contribution in [3.63, 3.8) is 0 Å². The molecule has 0 radical (unpaired) electrons. The van der Waals surface area contributed by atoms with E-state index < -0.39 is 0 Å². The molecular weight excluding hydrogens is 264 g/mol. The lowest BCUT2D eigenvalue weighted by molar-refractivity contribution is 0.170. The minimum absolute atomic E-state index is 0.147. The second-order valence-electron chi connectivity index (χ2n) is 4.76. The first-order valence-corrected chi connectivity index (χ1v) is 7.04. The van der Waals surface area contributed by atoms with E-state index in [1.165, 1.54) is 0 Å². The van der Waals surface area contributed by atoms with Crippen LogP contribution in [0.1, 0.15) is 24.9 Å². The number of hydrogen-bond donors (Lipinski definition) is 1. The maximum absolute atomic E-state index is 6.27. The van der Waals surface area contributed by atoms with Crippen molar-refractivity contribution in [2.45, 2.75) is 19.4 Å². The number of fused-ring (bicyclic) bond motifs is 1. The lowest BCUT2D eigenvalue weighted by Crippen LogP contribution is -2.31. The Morgan fingerprint density at radius 1 is 1.37 bits per heavy atom. The molecule has 0 bridgehead atoms. The van der Waals surface area contributed by atoms with Crippen LogP contribution in [0.4, 0.5) is 0 Å². The molecule has 1 heterocycles. The summed E-state index contributed by atoms with van der Waals surface area (Å²) in [6.45, 7) is 4.80. The summed E-state index contributed by atoms with van der Waals surface area (Å²) >= 11 is 6.27. The Hall–Kier alpha value is -0.970. The maximum Gasteiger partial charge on any atom is 0.179 e. The van der Waals surface area contributed by atoms with Gasteiger partial charge in [-0.3, -0.25) is 4.90 Å². The molecular formula is C14H21ClN2O2.